The zero-order chi connectivity index (χ0) is 26.7. The average molecular weight is 504 g/mol. The van der Waals surface area contributed by atoms with Gasteiger partial charge in [0.05, 0.1) is 11.7 Å². The van der Waals surface area contributed by atoms with Crippen molar-refractivity contribution in [1.29, 1.82) is 0 Å². The van der Waals surface area contributed by atoms with Gasteiger partial charge in [0.15, 0.2) is 5.78 Å². The molecule has 1 aromatic carbocycles. The lowest BCUT2D eigenvalue weighted by Gasteiger charge is -2.27. The lowest BCUT2D eigenvalue weighted by Crippen LogP contribution is -2.36. The number of amides is 2. The molecule has 0 bridgehead atoms. The van der Waals surface area contributed by atoms with Crippen molar-refractivity contribution in [3.63, 3.8) is 0 Å². The van der Waals surface area contributed by atoms with Gasteiger partial charge in [-0.2, -0.15) is 0 Å². The van der Waals surface area contributed by atoms with E-state index >= 15 is 0 Å². The molecule has 9 heteroatoms. The quantitative estimate of drug-likeness (QED) is 0.425. The molecule has 3 heterocycles. The molecule has 1 fully saturated rings. The zero-order valence-electron chi connectivity index (χ0n) is 21.9. The Morgan fingerprint density at radius 2 is 1.89 bits per heavy atom. The second-order valence-electron chi connectivity index (χ2n) is 10.2. The van der Waals surface area contributed by atoms with Crippen molar-refractivity contribution in [3.05, 3.63) is 65.2 Å². The van der Waals surface area contributed by atoms with E-state index in [4.69, 9.17) is 9.72 Å². The molecule has 0 radical (unpaired) electrons. The maximum Gasteiger partial charge on any atom is 0.410 e. The summed E-state index contributed by atoms with van der Waals surface area (Å²) in [6, 6.07) is 10.4. The Morgan fingerprint density at radius 1 is 1.16 bits per heavy atom. The van der Waals surface area contributed by atoms with Crippen molar-refractivity contribution in [1.82, 2.24) is 19.9 Å². The van der Waals surface area contributed by atoms with E-state index in [1.807, 2.05) is 39.8 Å². The Bertz CT molecular complexity index is 1310. The van der Waals surface area contributed by atoms with Crippen LogP contribution in [0.4, 0.5) is 10.6 Å². The number of Topliss-reactive ketones (excluding diaryl/α,β-unsaturated/α-hetero) is 1. The summed E-state index contributed by atoms with van der Waals surface area (Å²) >= 11 is 0. The van der Waals surface area contributed by atoms with Gasteiger partial charge in [-0.15, -0.1) is 0 Å². The fourth-order valence-corrected chi connectivity index (χ4v) is 4.33. The van der Waals surface area contributed by atoms with E-state index in [0.717, 1.165) is 24.8 Å². The highest BCUT2D eigenvalue weighted by atomic mass is 16.6. The van der Waals surface area contributed by atoms with Crippen LogP contribution in [-0.2, 0) is 11.2 Å². The minimum Gasteiger partial charge on any atom is -0.444 e. The van der Waals surface area contributed by atoms with Gasteiger partial charge in [-0.25, -0.2) is 14.8 Å². The van der Waals surface area contributed by atoms with E-state index in [-0.39, 0.29) is 17.7 Å². The molecule has 1 aliphatic heterocycles. The highest BCUT2D eigenvalue weighted by molar-refractivity contribution is 6.04. The summed E-state index contributed by atoms with van der Waals surface area (Å²) in [6.07, 6.45) is 3.65. The standard InChI is InChI=1S/C28H33N5O4/c1-6-18-13-14-29-22(16-18)30-26(35)20-11-9-19(10-12-20)24-23(17(2)34)31-25(32-24)21-8-7-15-33(21)27(36)37-28(3,4)5/h9-14,16,21H,6-8,15H2,1-5H3,(H,31,32)(H,29,30,35)/t21-/m0/s1. The lowest BCUT2D eigenvalue weighted by molar-refractivity contribution is 0.0218. The van der Waals surface area contributed by atoms with E-state index in [0.29, 0.717) is 40.7 Å². The number of hydrogen-bond acceptors (Lipinski definition) is 6. The third kappa shape index (κ3) is 6.04. The Morgan fingerprint density at radius 3 is 2.54 bits per heavy atom. The largest absolute Gasteiger partial charge is 0.444 e. The monoisotopic (exact) mass is 503 g/mol. The summed E-state index contributed by atoms with van der Waals surface area (Å²) in [7, 11) is 0. The summed E-state index contributed by atoms with van der Waals surface area (Å²) in [5.74, 6) is 0.600. The minimum absolute atomic E-state index is 0.167. The first-order chi connectivity index (χ1) is 17.6. The predicted molar refractivity (Wildman–Crippen MR) is 141 cm³/mol. The molecule has 1 saturated heterocycles. The second kappa shape index (κ2) is 10.5. The number of imidazole rings is 1. The van der Waals surface area contributed by atoms with Crippen LogP contribution in [0, 0.1) is 0 Å². The molecule has 2 aromatic heterocycles. The van der Waals surface area contributed by atoms with E-state index in [9.17, 15) is 14.4 Å². The third-order valence-electron chi connectivity index (χ3n) is 6.17. The maximum atomic E-state index is 12.8. The van der Waals surface area contributed by atoms with Crippen molar-refractivity contribution in [2.24, 2.45) is 0 Å². The molecule has 0 unspecified atom stereocenters. The summed E-state index contributed by atoms with van der Waals surface area (Å²) < 4.78 is 5.57. The molecule has 2 amide bonds. The second-order valence-corrected chi connectivity index (χ2v) is 10.2. The van der Waals surface area contributed by atoms with Crippen LogP contribution in [0.1, 0.15) is 85.7 Å². The maximum absolute atomic E-state index is 12.8. The highest BCUT2D eigenvalue weighted by Crippen LogP contribution is 2.34. The molecule has 2 N–H and O–H groups in total. The number of ether oxygens (including phenoxy) is 1. The Hall–Kier alpha value is -4.01. The Balaban J connectivity index is 1.56. The minimum atomic E-state index is -0.605. The van der Waals surface area contributed by atoms with Crippen LogP contribution in [-0.4, -0.2) is 49.8 Å². The first-order valence-electron chi connectivity index (χ1n) is 12.5. The molecule has 37 heavy (non-hydrogen) atoms. The SMILES string of the molecule is CCc1ccnc(NC(=O)c2ccc(-c3nc([C@@H]4CCCN4C(=O)OC(C)(C)C)[nH]c3C(C)=O)cc2)c1. The Kier molecular flexibility index (Phi) is 7.42. The fraction of sp³-hybridized carbons (Fsp3) is 0.393. The number of rotatable bonds is 6. The predicted octanol–water partition coefficient (Wildman–Crippen LogP) is 5.56. The molecule has 3 aromatic rings. The number of hydrogen-bond donors (Lipinski definition) is 2. The Labute approximate surface area is 216 Å². The number of aryl methyl sites for hydroxylation is 1. The molecule has 194 valence electrons. The van der Waals surface area contributed by atoms with Gasteiger partial charge in [0.2, 0.25) is 0 Å². The molecular formula is C28H33N5O4. The number of ketones is 1. The number of nitrogens with zero attached hydrogens (tertiary/aromatic N) is 3. The molecular weight excluding hydrogens is 470 g/mol. The van der Waals surface area contributed by atoms with E-state index in [1.54, 1.807) is 35.4 Å². The van der Waals surface area contributed by atoms with Crippen molar-refractivity contribution >= 4 is 23.6 Å². The molecule has 0 saturated carbocycles. The number of carbonyl (C=O) groups is 3. The summed E-state index contributed by atoms with van der Waals surface area (Å²) in [5, 5.41) is 2.82. The molecule has 4 rings (SSSR count). The number of benzene rings is 1. The van der Waals surface area contributed by atoms with Gasteiger partial charge in [-0.05, 0) is 69.9 Å². The van der Waals surface area contributed by atoms with Crippen LogP contribution in [0.25, 0.3) is 11.3 Å². The number of anilines is 1. The van der Waals surface area contributed by atoms with Gasteiger partial charge in [-0.3, -0.25) is 14.5 Å². The van der Waals surface area contributed by atoms with Crippen LogP contribution in [0.2, 0.25) is 0 Å². The number of aromatic nitrogens is 3. The fourth-order valence-electron chi connectivity index (χ4n) is 4.33. The van der Waals surface area contributed by atoms with Crippen molar-refractivity contribution in [2.75, 3.05) is 11.9 Å². The average Bonchev–Trinajstić information content (AvgIpc) is 3.51. The van der Waals surface area contributed by atoms with Crippen molar-refractivity contribution < 1.29 is 19.1 Å². The number of carbonyl (C=O) groups excluding carboxylic acids is 3. The third-order valence-corrected chi connectivity index (χ3v) is 6.17. The molecule has 0 aliphatic carbocycles. The van der Waals surface area contributed by atoms with Gasteiger partial charge < -0.3 is 15.0 Å². The lowest BCUT2D eigenvalue weighted by atomic mass is 10.1. The number of aromatic amines is 1. The number of H-pyrrole nitrogens is 1. The highest BCUT2D eigenvalue weighted by Gasteiger charge is 2.35. The first-order valence-corrected chi connectivity index (χ1v) is 12.5. The smallest absolute Gasteiger partial charge is 0.410 e. The van der Waals surface area contributed by atoms with Crippen LogP contribution in [0.15, 0.2) is 42.6 Å². The van der Waals surface area contributed by atoms with E-state index in [1.165, 1.54) is 6.92 Å². The van der Waals surface area contributed by atoms with Crippen LogP contribution >= 0.6 is 0 Å². The van der Waals surface area contributed by atoms with Gasteiger partial charge >= 0.3 is 6.09 Å². The topological polar surface area (TPSA) is 117 Å². The number of likely N-dealkylation sites (tertiary alicyclic amines) is 1. The van der Waals surface area contributed by atoms with Gasteiger partial charge in [-0.1, -0.05) is 19.1 Å². The molecule has 9 nitrogen and oxygen atoms in total. The van der Waals surface area contributed by atoms with Crippen molar-refractivity contribution in [3.8, 4) is 11.3 Å². The molecule has 1 aliphatic rings. The summed E-state index contributed by atoms with van der Waals surface area (Å²) in [4.78, 5) is 51.7. The molecule has 0 spiro atoms. The molecule has 1 atom stereocenters. The van der Waals surface area contributed by atoms with Crippen LogP contribution in [0.3, 0.4) is 0 Å². The van der Waals surface area contributed by atoms with Crippen LogP contribution in [0.5, 0.6) is 0 Å². The zero-order valence-corrected chi connectivity index (χ0v) is 21.9. The van der Waals surface area contributed by atoms with E-state index in [2.05, 4.69) is 15.3 Å². The van der Waals surface area contributed by atoms with Gasteiger partial charge in [0.1, 0.15) is 22.9 Å². The van der Waals surface area contributed by atoms with Crippen molar-refractivity contribution in [2.45, 2.75) is 65.5 Å². The summed E-state index contributed by atoms with van der Waals surface area (Å²) in [6.45, 7) is 9.56. The van der Waals surface area contributed by atoms with Crippen LogP contribution < -0.4 is 5.32 Å². The van der Waals surface area contributed by atoms with Gasteiger partial charge in [0, 0.05) is 30.8 Å². The van der Waals surface area contributed by atoms with Gasteiger partial charge in [0.25, 0.3) is 5.91 Å². The number of nitrogens with one attached hydrogen (secondary N) is 2. The number of pyridine rings is 1. The summed E-state index contributed by atoms with van der Waals surface area (Å²) in [5.41, 5.74) is 2.48. The van der Waals surface area contributed by atoms with E-state index < -0.39 is 11.7 Å². The first kappa shape index (κ1) is 26.1. The normalized spacial score (nSPS) is 15.5.